The van der Waals surface area contributed by atoms with Crippen molar-refractivity contribution in [2.45, 2.75) is 33.6 Å². The first-order valence-corrected chi connectivity index (χ1v) is 5.95. The summed E-state index contributed by atoms with van der Waals surface area (Å²) in [7, 11) is 0. The molecule has 1 saturated heterocycles. The summed E-state index contributed by atoms with van der Waals surface area (Å²) in [5, 5.41) is 0. The van der Waals surface area contributed by atoms with Crippen molar-refractivity contribution in [3.63, 3.8) is 0 Å². The number of piperidine rings is 1. The van der Waals surface area contributed by atoms with Crippen molar-refractivity contribution in [1.29, 1.82) is 0 Å². The van der Waals surface area contributed by atoms with Crippen LogP contribution in [0.5, 0.6) is 0 Å². The van der Waals surface area contributed by atoms with Crippen LogP contribution in [-0.4, -0.2) is 18.1 Å². The fourth-order valence-corrected chi connectivity index (χ4v) is 2.17. The summed E-state index contributed by atoms with van der Waals surface area (Å²) in [6.45, 7) is 8.81. The Bertz CT molecular complexity index is 375. The number of nitrogens with two attached hydrogens (primary N) is 1. The number of pyridine rings is 1. The maximum atomic E-state index is 6.02. The Hall–Kier alpha value is -1.25. The van der Waals surface area contributed by atoms with Crippen molar-refractivity contribution in [1.82, 2.24) is 4.98 Å². The fourth-order valence-electron chi connectivity index (χ4n) is 2.17. The van der Waals surface area contributed by atoms with Gasteiger partial charge in [0.15, 0.2) is 5.82 Å². The van der Waals surface area contributed by atoms with Crippen LogP contribution in [0, 0.1) is 12.3 Å². The number of anilines is 2. The van der Waals surface area contributed by atoms with Gasteiger partial charge in [-0.3, -0.25) is 0 Å². The predicted molar refractivity (Wildman–Crippen MR) is 68.6 cm³/mol. The predicted octanol–water partition coefficient (Wildman–Crippen LogP) is 2.60. The van der Waals surface area contributed by atoms with E-state index in [2.05, 4.69) is 23.7 Å². The zero-order valence-electron chi connectivity index (χ0n) is 10.5. The van der Waals surface area contributed by atoms with Crippen molar-refractivity contribution in [2.24, 2.45) is 5.41 Å². The number of hydrogen-bond acceptors (Lipinski definition) is 3. The van der Waals surface area contributed by atoms with E-state index >= 15 is 0 Å². The molecule has 2 rings (SSSR count). The van der Waals surface area contributed by atoms with Crippen LogP contribution in [0.1, 0.15) is 32.3 Å². The fraction of sp³-hybridized carbons (Fsp3) is 0.615. The molecule has 1 fully saturated rings. The number of rotatable bonds is 1. The first kappa shape index (κ1) is 11.2. The smallest absolute Gasteiger partial charge is 0.151 e. The molecule has 16 heavy (non-hydrogen) atoms. The molecule has 0 aliphatic carbocycles. The molecule has 0 aromatic carbocycles. The van der Waals surface area contributed by atoms with E-state index in [1.807, 2.05) is 19.2 Å². The SMILES string of the molecule is Cc1cnc(N2CCC(C)(C)CC2)c(N)c1. The molecule has 1 aliphatic heterocycles. The van der Waals surface area contributed by atoms with Crippen LogP contribution in [-0.2, 0) is 0 Å². The molecule has 0 amide bonds. The number of nitrogens with zero attached hydrogens (tertiary/aromatic N) is 2. The highest BCUT2D eigenvalue weighted by Gasteiger charge is 2.26. The molecule has 0 atom stereocenters. The largest absolute Gasteiger partial charge is 0.396 e. The minimum absolute atomic E-state index is 0.468. The lowest BCUT2D eigenvalue weighted by atomic mass is 9.83. The molecule has 1 aromatic rings. The van der Waals surface area contributed by atoms with Crippen LogP contribution in [0.15, 0.2) is 12.3 Å². The van der Waals surface area contributed by atoms with Crippen LogP contribution < -0.4 is 10.6 Å². The summed E-state index contributed by atoms with van der Waals surface area (Å²) in [5.41, 5.74) is 8.41. The van der Waals surface area contributed by atoms with Gasteiger partial charge in [0.25, 0.3) is 0 Å². The third kappa shape index (κ3) is 2.29. The topological polar surface area (TPSA) is 42.2 Å². The van der Waals surface area contributed by atoms with E-state index in [9.17, 15) is 0 Å². The lowest BCUT2D eigenvalue weighted by Gasteiger charge is -2.37. The van der Waals surface area contributed by atoms with Crippen LogP contribution in [0.3, 0.4) is 0 Å². The Kier molecular flexibility index (Phi) is 2.78. The molecular weight excluding hydrogens is 198 g/mol. The van der Waals surface area contributed by atoms with Gasteiger partial charge in [0, 0.05) is 19.3 Å². The standard InChI is InChI=1S/C13H21N3/c1-10-8-11(14)12(15-9-10)16-6-4-13(2,3)5-7-16/h8-9H,4-7,14H2,1-3H3. The Morgan fingerprint density at radius 2 is 1.94 bits per heavy atom. The Morgan fingerprint density at radius 1 is 1.31 bits per heavy atom. The second-order valence-electron chi connectivity index (χ2n) is 5.58. The summed E-state index contributed by atoms with van der Waals surface area (Å²) < 4.78 is 0. The van der Waals surface area contributed by atoms with Crippen molar-refractivity contribution >= 4 is 11.5 Å². The number of aromatic nitrogens is 1. The van der Waals surface area contributed by atoms with Gasteiger partial charge in [0.1, 0.15) is 0 Å². The summed E-state index contributed by atoms with van der Waals surface area (Å²) >= 11 is 0. The zero-order valence-corrected chi connectivity index (χ0v) is 10.5. The first-order chi connectivity index (χ1) is 7.48. The molecule has 2 heterocycles. The van der Waals surface area contributed by atoms with Gasteiger partial charge in [-0.05, 0) is 36.8 Å². The first-order valence-electron chi connectivity index (χ1n) is 5.95. The van der Waals surface area contributed by atoms with Crippen molar-refractivity contribution in [3.8, 4) is 0 Å². The number of aryl methyl sites for hydroxylation is 1. The summed E-state index contributed by atoms with van der Waals surface area (Å²) in [6.07, 6.45) is 4.31. The number of hydrogen-bond donors (Lipinski definition) is 1. The van der Waals surface area contributed by atoms with Crippen molar-refractivity contribution in [3.05, 3.63) is 17.8 Å². The Balaban J connectivity index is 2.14. The Labute approximate surface area is 97.7 Å². The van der Waals surface area contributed by atoms with E-state index in [1.165, 1.54) is 12.8 Å². The van der Waals surface area contributed by atoms with Gasteiger partial charge >= 0.3 is 0 Å². The molecule has 3 heteroatoms. The second-order valence-corrected chi connectivity index (χ2v) is 5.58. The van der Waals surface area contributed by atoms with Gasteiger partial charge in [-0.1, -0.05) is 13.8 Å². The van der Waals surface area contributed by atoms with E-state index in [4.69, 9.17) is 5.73 Å². The zero-order chi connectivity index (χ0) is 11.8. The van der Waals surface area contributed by atoms with Crippen LogP contribution in [0.2, 0.25) is 0 Å². The molecular formula is C13H21N3. The minimum atomic E-state index is 0.468. The van der Waals surface area contributed by atoms with Gasteiger partial charge in [-0.25, -0.2) is 4.98 Å². The molecule has 3 nitrogen and oxygen atoms in total. The molecule has 1 aliphatic rings. The molecule has 0 spiro atoms. The maximum Gasteiger partial charge on any atom is 0.151 e. The van der Waals surface area contributed by atoms with Gasteiger partial charge in [-0.15, -0.1) is 0 Å². The van der Waals surface area contributed by atoms with E-state index in [0.29, 0.717) is 5.41 Å². The third-order valence-electron chi connectivity index (χ3n) is 3.45. The average molecular weight is 219 g/mol. The highest BCUT2D eigenvalue weighted by molar-refractivity contribution is 5.63. The Morgan fingerprint density at radius 3 is 2.50 bits per heavy atom. The van der Waals surface area contributed by atoms with E-state index in [1.54, 1.807) is 0 Å². The van der Waals surface area contributed by atoms with E-state index in [-0.39, 0.29) is 0 Å². The lowest BCUT2D eigenvalue weighted by molar-refractivity contribution is 0.279. The van der Waals surface area contributed by atoms with Crippen LogP contribution >= 0.6 is 0 Å². The molecule has 0 unspecified atom stereocenters. The highest BCUT2D eigenvalue weighted by atomic mass is 15.2. The third-order valence-corrected chi connectivity index (χ3v) is 3.45. The van der Waals surface area contributed by atoms with Crippen LogP contribution in [0.4, 0.5) is 11.5 Å². The van der Waals surface area contributed by atoms with Gasteiger partial charge in [0.05, 0.1) is 5.69 Å². The van der Waals surface area contributed by atoms with Crippen molar-refractivity contribution in [2.75, 3.05) is 23.7 Å². The molecule has 2 N–H and O–H groups in total. The minimum Gasteiger partial charge on any atom is -0.396 e. The maximum absolute atomic E-state index is 6.02. The molecule has 1 aromatic heterocycles. The summed E-state index contributed by atoms with van der Waals surface area (Å²) in [6, 6.07) is 2.00. The normalized spacial score (nSPS) is 19.8. The van der Waals surface area contributed by atoms with E-state index < -0.39 is 0 Å². The number of nitrogen functional groups attached to an aromatic ring is 1. The molecule has 88 valence electrons. The molecule has 0 bridgehead atoms. The highest BCUT2D eigenvalue weighted by Crippen LogP contribution is 2.33. The monoisotopic (exact) mass is 219 g/mol. The van der Waals surface area contributed by atoms with Gasteiger partial charge in [0.2, 0.25) is 0 Å². The van der Waals surface area contributed by atoms with Crippen molar-refractivity contribution < 1.29 is 0 Å². The summed E-state index contributed by atoms with van der Waals surface area (Å²) in [5.74, 6) is 0.959. The quantitative estimate of drug-likeness (QED) is 0.789. The molecule has 0 radical (unpaired) electrons. The molecule has 0 saturated carbocycles. The lowest BCUT2D eigenvalue weighted by Crippen LogP contribution is -2.38. The average Bonchev–Trinajstić information content (AvgIpc) is 2.19. The van der Waals surface area contributed by atoms with Crippen LogP contribution in [0.25, 0.3) is 0 Å². The second kappa shape index (κ2) is 3.96. The van der Waals surface area contributed by atoms with Gasteiger partial charge in [-0.2, -0.15) is 0 Å². The van der Waals surface area contributed by atoms with E-state index in [0.717, 1.165) is 30.2 Å². The summed E-state index contributed by atoms with van der Waals surface area (Å²) in [4.78, 5) is 6.76. The van der Waals surface area contributed by atoms with Gasteiger partial charge < -0.3 is 10.6 Å².